The summed E-state index contributed by atoms with van der Waals surface area (Å²) in [6.45, 7) is 1.87. The van der Waals surface area contributed by atoms with Crippen LogP contribution in [0, 0.1) is 39.5 Å². The summed E-state index contributed by atoms with van der Waals surface area (Å²) in [5, 5.41) is 4.50. The Labute approximate surface area is 217 Å². The Balaban J connectivity index is 1.50. The van der Waals surface area contributed by atoms with Gasteiger partial charge >= 0.3 is 0 Å². The van der Waals surface area contributed by atoms with Crippen LogP contribution in [0.3, 0.4) is 0 Å². The Morgan fingerprint density at radius 1 is 0.676 bits per heavy atom. The lowest BCUT2D eigenvalue weighted by Gasteiger charge is -2.58. The molecule has 6 aliphatic carbocycles. The summed E-state index contributed by atoms with van der Waals surface area (Å²) >= 11 is 0. The number of carbonyl (C=O) groups is 2. The van der Waals surface area contributed by atoms with Gasteiger partial charge in [0.15, 0.2) is 11.6 Å². The van der Waals surface area contributed by atoms with Gasteiger partial charge in [-0.15, -0.1) is 0 Å². The van der Waals surface area contributed by atoms with E-state index in [1.165, 1.54) is 35.3 Å². The molecule has 0 aliphatic heterocycles. The number of fused-ring (bicyclic) bond motifs is 4. The molecule has 0 spiro atoms. The standard InChI is InChI=1S/C35H32O2/c1-20-33(36)31-28(32(34(20)37)35-17-21-13-22(18-35)15-23(14-21)19-35)12-11-27-26-10-6-5-9-25(26)16-29(30(27)31)24-7-3-2-4-8-24/h2-12,16,20-23,29H,13-15,17-19H2,1H3. The van der Waals surface area contributed by atoms with Crippen LogP contribution in [0.4, 0.5) is 0 Å². The summed E-state index contributed by atoms with van der Waals surface area (Å²) < 4.78 is 0. The van der Waals surface area contributed by atoms with Crippen molar-refractivity contribution in [1.29, 1.82) is 0 Å². The number of ketones is 2. The summed E-state index contributed by atoms with van der Waals surface area (Å²) in [6, 6.07) is 23.4. The van der Waals surface area contributed by atoms with Crippen molar-refractivity contribution in [3.63, 3.8) is 0 Å². The Morgan fingerprint density at radius 2 is 1.30 bits per heavy atom. The molecule has 9 rings (SSSR count). The molecule has 0 radical (unpaired) electrons. The van der Waals surface area contributed by atoms with Crippen molar-refractivity contribution in [2.24, 2.45) is 29.1 Å². The highest BCUT2D eigenvalue weighted by Crippen LogP contribution is 2.63. The summed E-state index contributed by atoms with van der Waals surface area (Å²) in [5.74, 6) is 1.75. The van der Waals surface area contributed by atoms with Crippen LogP contribution in [-0.4, -0.2) is 11.6 Å². The monoisotopic (exact) mass is 484 g/mol. The van der Waals surface area contributed by atoms with Gasteiger partial charge in [0.2, 0.25) is 0 Å². The van der Waals surface area contributed by atoms with E-state index in [1.807, 2.05) is 13.0 Å². The minimum absolute atomic E-state index is 0.0111. The highest BCUT2D eigenvalue weighted by atomic mass is 16.2. The zero-order chi connectivity index (χ0) is 24.9. The second-order valence-electron chi connectivity index (χ2n) is 12.6. The van der Waals surface area contributed by atoms with Crippen molar-refractivity contribution < 1.29 is 9.59 Å². The van der Waals surface area contributed by atoms with E-state index < -0.39 is 5.92 Å². The van der Waals surface area contributed by atoms with E-state index in [4.69, 9.17) is 0 Å². The van der Waals surface area contributed by atoms with Crippen LogP contribution in [0.2, 0.25) is 0 Å². The number of carbonyl (C=O) groups excluding carboxylic acids is 2. The average molecular weight is 485 g/mol. The van der Waals surface area contributed by atoms with E-state index in [0.29, 0.717) is 0 Å². The topological polar surface area (TPSA) is 34.1 Å². The molecule has 2 unspecified atom stereocenters. The van der Waals surface area contributed by atoms with Crippen molar-refractivity contribution in [1.82, 2.24) is 0 Å². The van der Waals surface area contributed by atoms with Crippen LogP contribution >= 0.6 is 0 Å². The first kappa shape index (κ1) is 21.8. The maximum absolute atomic E-state index is 14.1. The third kappa shape index (κ3) is 2.99. The maximum Gasteiger partial charge on any atom is 0.174 e. The molecule has 3 aromatic carbocycles. The number of hydrogen-bond acceptors (Lipinski definition) is 2. The lowest BCUT2D eigenvalue weighted by atomic mass is 9.46. The van der Waals surface area contributed by atoms with E-state index >= 15 is 0 Å². The third-order valence-corrected chi connectivity index (χ3v) is 10.4. The Morgan fingerprint density at radius 3 is 2.00 bits per heavy atom. The van der Waals surface area contributed by atoms with Gasteiger partial charge in [-0.05, 0) is 95.2 Å². The fourth-order valence-corrected chi connectivity index (χ4v) is 9.37. The molecule has 2 heteroatoms. The minimum atomic E-state index is -0.601. The Bertz CT molecular complexity index is 1680. The number of Topliss-reactive ketones (excluding diaryl/α,β-unsaturated/α-hetero) is 2. The molecule has 4 saturated carbocycles. The van der Waals surface area contributed by atoms with Crippen LogP contribution in [-0.2, 0) is 4.79 Å². The van der Waals surface area contributed by atoms with E-state index in [9.17, 15) is 9.59 Å². The molecule has 184 valence electrons. The molecule has 3 aromatic rings. The normalized spacial score (nSPS) is 33.0. The first-order chi connectivity index (χ1) is 18.0. The zero-order valence-electron chi connectivity index (χ0n) is 21.4. The van der Waals surface area contributed by atoms with Crippen molar-refractivity contribution in [2.45, 2.75) is 51.4 Å². The molecule has 0 aromatic heterocycles. The molecular weight excluding hydrogens is 452 g/mol. The molecule has 0 amide bonds. The highest BCUT2D eigenvalue weighted by Gasteiger charge is 2.55. The van der Waals surface area contributed by atoms with Gasteiger partial charge in [-0.3, -0.25) is 9.59 Å². The van der Waals surface area contributed by atoms with Gasteiger partial charge in [-0.2, -0.15) is 0 Å². The van der Waals surface area contributed by atoms with Gasteiger partial charge in [0.25, 0.3) is 0 Å². The van der Waals surface area contributed by atoms with E-state index in [1.54, 1.807) is 0 Å². The SMILES string of the molecule is CC1C(=O)C(C23CC4CC(CC(C4)C2)C3)=c2ccc3c(c2C1=O)C(c1ccccc1)C=c1ccccc1=3. The molecule has 0 saturated heterocycles. The van der Waals surface area contributed by atoms with E-state index in [2.05, 4.69) is 66.7 Å². The van der Waals surface area contributed by atoms with Crippen molar-refractivity contribution in [3.05, 3.63) is 104 Å². The predicted octanol–water partition coefficient (Wildman–Crippen LogP) is 5.67. The van der Waals surface area contributed by atoms with Crippen molar-refractivity contribution in [3.8, 4) is 0 Å². The Kier molecular flexibility index (Phi) is 4.49. The van der Waals surface area contributed by atoms with E-state index in [-0.39, 0.29) is 22.9 Å². The number of benzene rings is 3. The van der Waals surface area contributed by atoms with Crippen molar-refractivity contribution in [2.75, 3.05) is 0 Å². The zero-order valence-corrected chi connectivity index (χ0v) is 21.4. The largest absolute Gasteiger partial charge is 0.294 e. The first-order valence-corrected chi connectivity index (χ1v) is 14.1. The summed E-state index contributed by atoms with van der Waals surface area (Å²) in [4.78, 5) is 28.2. The smallest absolute Gasteiger partial charge is 0.174 e. The van der Waals surface area contributed by atoms with Crippen LogP contribution in [0.5, 0.6) is 0 Å². The average Bonchev–Trinajstić information content (AvgIpc) is 2.90. The van der Waals surface area contributed by atoms with Crippen LogP contribution < -0.4 is 10.4 Å². The molecule has 6 aliphatic rings. The van der Waals surface area contributed by atoms with Gasteiger partial charge in [0, 0.05) is 22.5 Å². The first-order valence-electron chi connectivity index (χ1n) is 14.1. The van der Waals surface area contributed by atoms with Gasteiger partial charge in [-0.25, -0.2) is 0 Å². The number of rotatable bonds is 2. The van der Waals surface area contributed by atoms with E-state index in [0.717, 1.165) is 64.2 Å². The van der Waals surface area contributed by atoms with Gasteiger partial charge in [-0.1, -0.05) is 72.8 Å². The highest BCUT2D eigenvalue weighted by molar-refractivity contribution is 6.30. The molecule has 2 atom stereocenters. The molecule has 37 heavy (non-hydrogen) atoms. The van der Waals surface area contributed by atoms with Crippen LogP contribution in [0.25, 0.3) is 11.6 Å². The lowest BCUT2D eigenvalue weighted by Crippen LogP contribution is -2.52. The van der Waals surface area contributed by atoms with Crippen LogP contribution in [0.1, 0.15) is 72.9 Å². The minimum Gasteiger partial charge on any atom is -0.294 e. The molecule has 4 bridgehead atoms. The second kappa shape index (κ2) is 7.63. The maximum atomic E-state index is 14.1. The van der Waals surface area contributed by atoms with Gasteiger partial charge in [0.05, 0.1) is 5.92 Å². The summed E-state index contributed by atoms with van der Waals surface area (Å²) in [7, 11) is 0. The third-order valence-electron chi connectivity index (χ3n) is 10.4. The molecule has 4 fully saturated rings. The summed E-state index contributed by atoms with van der Waals surface area (Å²) in [6.07, 6.45) is 9.75. The van der Waals surface area contributed by atoms with Crippen molar-refractivity contribution >= 4 is 23.2 Å². The summed E-state index contributed by atoms with van der Waals surface area (Å²) in [5.41, 5.74) is 4.11. The molecule has 0 N–H and O–H groups in total. The molecule has 0 heterocycles. The fraction of sp³-hybridized carbons (Fsp3) is 0.371. The van der Waals surface area contributed by atoms with Gasteiger partial charge in [0.1, 0.15) is 0 Å². The van der Waals surface area contributed by atoms with Gasteiger partial charge < -0.3 is 0 Å². The predicted molar refractivity (Wildman–Crippen MR) is 145 cm³/mol. The fourth-order valence-electron chi connectivity index (χ4n) is 9.37. The number of hydrogen-bond donors (Lipinski definition) is 0. The lowest BCUT2D eigenvalue weighted by molar-refractivity contribution is -0.118. The molecule has 2 nitrogen and oxygen atoms in total. The Hall–Kier alpha value is -3.26. The van der Waals surface area contributed by atoms with Crippen LogP contribution in [0.15, 0.2) is 66.7 Å². The quantitative estimate of drug-likeness (QED) is 0.440. The molecular formula is C35H32O2. The second-order valence-corrected chi connectivity index (χ2v) is 12.6.